The lowest BCUT2D eigenvalue weighted by Crippen LogP contribution is -2.37. The van der Waals surface area contributed by atoms with Crippen LogP contribution in [0.15, 0.2) is 18.5 Å². The Hall–Kier alpha value is -1.00. The van der Waals surface area contributed by atoms with E-state index in [1.165, 1.54) is 19.4 Å². The van der Waals surface area contributed by atoms with Crippen LogP contribution in [0.2, 0.25) is 0 Å². The van der Waals surface area contributed by atoms with Crippen molar-refractivity contribution in [3.05, 3.63) is 24.3 Å². The van der Waals surface area contributed by atoms with Gasteiger partial charge < -0.3 is 5.32 Å². The predicted octanol–water partition coefficient (Wildman–Crippen LogP) is 1.05. The summed E-state index contributed by atoms with van der Waals surface area (Å²) in [6, 6.07) is 2.52. The summed E-state index contributed by atoms with van der Waals surface area (Å²) in [6.07, 6.45) is 6.22. The van der Waals surface area contributed by atoms with Gasteiger partial charge in [-0.3, -0.25) is 4.90 Å². The van der Waals surface area contributed by atoms with Crippen LogP contribution in [0.4, 0.5) is 0 Å². The molecule has 4 heteroatoms. The van der Waals surface area contributed by atoms with E-state index < -0.39 is 0 Å². The molecule has 16 heavy (non-hydrogen) atoms. The Balaban J connectivity index is 1.88. The molecular formula is C12H20N4. The molecule has 0 aliphatic carbocycles. The number of nitrogens with zero attached hydrogens (tertiary/aromatic N) is 3. The van der Waals surface area contributed by atoms with Gasteiger partial charge in [-0.15, -0.1) is 0 Å². The minimum atomic E-state index is 0.656. The Morgan fingerprint density at radius 2 is 2.25 bits per heavy atom. The Labute approximate surface area is 97.1 Å². The molecule has 0 radical (unpaired) electrons. The molecule has 1 N–H and O–H groups in total. The van der Waals surface area contributed by atoms with Crippen molar-refractivity contribution in [3.63, 3.8) is 0 Å². The molecule has 0 aromatic carbocycles. The molecule has 1 aliphatic rings. The lowest BCUT2D eigenvalue weighted by Gasteiger charge is -2.23. The molecule has 88 valence electrons. The van der Waals surface area contributed by atoms with E-state index in [0.29, 0.717) is 6.04 Å². The fraction of sp³-hybridized carbons (Fsp3) is 0.667. The molecule has 0 spiro atoms. The summed E-state index contributed by atoms with van der Waals surface area (Å²) < 4.78 is 0. The molecule has 0 bridgehead atoms. The van der Waals surface area contributed by atoms with Crippen LogP contribution in [0, 0.1) is 0 Å². The van der Waals surface area contributed by atoms with Crippen LogP contribution < -0.4 is 5.32 Å². The van der Waals surface area contributed by atoms with E-state index in [0.717, 1.165) is 25.5 Å². The highest BCUT2D eigenvalue weighted by molar-refractivity contribution is 4.91. The molecule has 0 saturated carbocycles. The maximum atomic E-state index is 4.28. The first-order chi connectivity index (χ1) is 7.90. The molecule has 1 atom stereocenters. The molecule has 4 nitrogen and oxygen atoms in total. The highest BCUT2D eigenvalue weighted by Gasteiger charge is 2.24. The number of aromatic nitrogens is 2. The first kappa shape index (κ1) is 11.5. The second kappa shape index (κ2) is 5.92. The van der Waals surface area contributed by atoms with Gasteiger partial charge >= 0.3 is 0 Å². The summed E-state index contributed by atoms with van der Waals surface area (Å²) in [4.78, 5) is 11.1. The summed E-state index contributed by atoms with van der Waals surface area (Å²) in [6.45, 7) is 6.35. The summed E-state index contributed by atoms with van der Waals surface area (Å²) >= 11 is 0. The van der Waals surface area contributed by atoms with Gasteiger partial charge in [-0.05, 0) is 32.0 Å². The Morgan fingerprint density at radius 3 is 3.00 bits per heavy atom. The van der Waals surface area contributed by atoms with E-state index in [-0.39, 0.29) is 0 Å². The zero-order valence-electron chi connectivity index (χ0n) is 9.89. The van der Waals surface area contributed by atoms with Crippen LogP contribution in [0.25, 0.3) is 0 Å². The van der Waals surface area contributed by atoms with Crippen molar-refractivity contribution < 1.29 is 0 Å². The van der Waals surface area contributed by atoms with Crippen molar-refractivity contribution in [3.8, 4) is 0 Å². The zero-order chi connectivity index (χ0) is 11.2. The summed E-state index contributed by atoms with van der Waals surface area (Å²) in [5.74, 6) is 0.936. The fourth-order valence-corrected chi connectivity index (χ4v) is 2.24. The van der Waals surface area contributed by atoms with Gasteiger partial charge in [-0.25, -0.2) is 9.97 Å². The molecule has 1 aliphatic heterocycles. The van der Waals surface area contributed by atoms with Gasteiger partial charge in [0.25, 0.3) is 0 Å². The first-order valence-electron chi connectivity index (χ1n) is 6.11. The van der Waals surface area contributed by atoms with Crippen molar-refractivity contribution in [1.82, 2.24) is 20.2 Å². The minimum absolute atomic E-state index is 0.656. The maximum absolute atomic E-state index is 4.28. The third-order valence-corrected chi connectivity index (χ3v) is 3.09. The molecule has 2 rings (SSSR count). The summed E-state index contributed by atoms with van der Waals surface area (Å²) in [5, 5.41) is 3.42. The van der Waals surface area contributed by atoms with Crippen LogP contribution in [-0.4, -0.2) is 40.5 Å². The van der Waals surface area contributed by atoms with Crippen molar-refractivity contribution in [2.45, 2.75) is 32.4 Å². The normalized spacial score (nSPS) is 21.4. The number of hydrogen-bond acceptors (Lipinski definition) is 4. The Bertz CT molecular complexity index is 301. The second-order valence-corrected chi connectivity index (χ2v) is 4.24. The monoisotopic (exact) mass is 220 g/mol. The standard InChI is InChI=1S/C12H20N4/c1-2-13-9-11-5-3-8-16(11)10-12-14-6-4-7-15-12/h4,6-7,11,13H,2-3,5,8-10H2,1H3. The molecule has 1 aromatic rings. The maximum Gasteiger partial charge on any atom is 0.142 e. The second-order valence-electron chi connectivity index (χ2n) is 4.24. The van der Waals surface area contributed by atoms with Crippen LogP contribution in [0.3, 0.4) is 0 Å². The summed E-state index contributed by atoms with van der Waals surface area (Å²) in [7, 11) is 0. The van der Waals surface area contributed by atoms with Gasteiger partial charge in [0.15, 0.2) is 0 Å². The number of rotatable bonds is 5. The van der Waals surface area contributed by atoms with Gasteiger partial charge in [0.1, 0.15) is 5.82 Å². The van der Waals surface area contributed by atoms with E-state index in [4.69, 9.17) is 0 Å². The topological polar surface area (TPSA) is 41.0 Å². The average Bonchev–Trinajstić information content (AvgIpc) is 2.75. The Kier molecular flexibility index (Phi) is 4.25. The third-order valence-electron chi connectivity index (χ3n) is 3.09. The zero-order valence-corrected chi connectivity index (χ0v) is 9.89. The Morgan fingerprint density at radius 1 is 1.44 bits per heavy atom. The minimum Gasteiger partial charge on any atom is -0.315 e. The van der Waals surface area contributed by atoms with Crippen molar-refractivity contribution in [2.24, 2.45) is 0 Å². The van der Waals surface area contributed by atoms with Gasteiger partial charge in [-0.1, -0.05) is 6.92 Å². The summed E-state index contributed by atoms with van der Waals surface area (Å²) in [5.41, 5.74) is 0. The lowest BCUT2D eigenvalue weighted by molar-refractivity contribution is 0.234. The molecule has 1 saturated heterocycles. The van der Waals surface area contributed by atoms with Gasteiger partial charge in [0.2, 0.25) is 0 Å². The van der Waals surface area contributed by atoms with E-state index in [1.54, 1.807) is 0 Å². The van der Waals surface area contributed by atoms with Crippen LogP contribution in [0.1, 0.15) is 25.6 Å². The molecule has 2 heterocycles. The van der Waals surface area contributed by atoms with Crippen molar-refractivity contribution >= 4 is 0 Å². The average molecular weight is 220 g/mol. The van der Waals surface area contributed by atoms with Crippen LogP contribution in [0.5, 0.6) is 0 Å². The van der Waals surface area contributed by atoms with Crippen LogP contribution in [-0.2, 0) is 6.54 Å². The van der Waals surface area contributed by atoms with E-state index >= 15 is 0 Å². The quantitative estimate of drug-likeness (QED) is 0.805. The van der Waals surface area contributed by atoms with Gasteiger partial charge in [-0.2, -0.15) is 0 Å². The highest BCUT2D eigenvalue weighted by atomic mass is 15.2. The van der Waals surface area contributed by atoms with Crippen LogP contribution >= 0.6 is 0 Å². The van der Waals surface area contributed by atoms with E-state index in [1.807, 2.05) is 18.5 Å². The largest absolute Gasteiger partial charge is 0.315 e. The number of nitrogens with one attached hydrogen (secondary N) is 1. The first-order valence-corrected chi connectivity index (χ1v) is 6.11. The lowest BCUT2D eigenvalue weighted by atomic mass is 10.2. The molecular weight excluding hydrogens is 200 g/mol. The third kappa shape index (κ3) is 3.00. The fourth-order valence-electron chi connectivity index (χ4n) is 2.24. The van der Waals surface area contributed by atoms with Crippen molar-refractivity contribution in [2.75, 3.05) is 19.6 Å². The predicted molar refractivity (Wildman–Crippen MR) is 64.0 cm³/mol. The van der Waals surface area contributed by atoms with Gasteiger partial charge in [0, 0.05) is 25.0 Å². The molecule has 1 aromatic heterocycles. The SMILES string of the molecule is CCNCC1CCCN1Cc1ncccn1. The van der Waals surface area contributed by atoms with Gasteiger partial charge in [0.05, 0.1) is 6.54 Å². The molecule has 1 unspecified atom stereocenters. The highest BCUT2D eigenvalue weighted by Crippen LogP contribution is 2.18. The number of hydrogen-bond donors (Lipinski definition) is 1. The molecule has 0 amide bonds. The number of likely N-dealkylation sites (tertiary alicyclic amines) is 1. The molecule has 1 fully saturated rings. The smallest absolute Gasteiger partial charge is 0.142 e. The van der Waals surface area contributed by atoms with Crippen molar-refractivity contribution in [1.29, 1.82) is 0 Å². The van der Waals surface area contributed by atoms with E-state index in [2.05, 4.69) is 27.1 Å². The van der Waals surface area contributed by atoms with E-state index in [9.17, 15) is 0 Å². The number of likely N-dealkylation sites (N-methyl/N-ethyl adjacent to an activating group) is 1.